The van der Waals surface area contributed by atoms with E-state index in [1.807, 2.05) is 18.2 Å². The fourth-order valence-electron chi connectivity index (χ4n) is 3.98. The van der Waals surface area contributed by atoms with Crippen molar-refractivity contribution in [3.63, 3.8) is 0 Å². The van der Waals surface area contributed by atoms with Gasteiger partial charge in [0.05, 0.1) is 19.0 Å². The lowest BCUT2D eigenvalue weighted by Crippen LogP contribution is -2.38. The molecule has 1 aromatic carbocycles. The topological polar surface area (TPSA) is 43.6 Å². The van der Waals surface area contributed by atoms with Crippen LogP contribution in [0.5, 0.6) is 5.75 Å². The zero-order chi connectivity index (χ0) is 18.4. The van der Waals surface area contributed by atoms with E-state index in [1.165, 1.54) is 5.56 Å². The number of hydrogen-bond acceptors (Lipinski definition) is 4. The Bertz CT molecular complexity index is 666. The van der Waals surface area contributed by atoms with Crippen molar-refractivity contribution in [1.82, 2.24) is 5.32 Å². The average Bonchev–Trinajstić information content (AvgIpc) is 3.15. The maximum atomic E-state index is 5.82. The number of rotatable bonds is 8. The Labute approximate surface area is 156 Å². The molecule has 142 valence electrons. The Kier molecular flexibility index (Phi) is 6.38. The highest BCUT2D eigenvalue weighted by Crippen LogP contribution is 2.34. The maximum absolute atomic E-state index is 5.82. The molecule has 0 spiro atoms. The van der Waals surface area contributed by atoms with Crippen LogP contribution in [0, 0.1) is 5.92 Å². The van der Waals surface area contributed by atoms with Gasteiger partial charge in [-0.3, -0.25) is 0 Å². The van der Waals surface area contributed by atoms with Gasteiger partial charge in [0.25, 0.3) is 0 Å². The van der Waals surface area contributed by atoms with E-state index in [9.17, 15) is 0 Å². The smallest absolute Gasteiger partial charge is 0.122 e. The first-order valence-electron chi connectivity index (χ1n) is 9.60. The fourth-order valence-corrected chi connectivity index (χ4v) is 3.98. The quantitative estimate of drug-likeness (QED) is 0.701. The van der Waals surface area contributed by atoms with E-state index in [4.69, 9.17) is 13.9 Å². The predicted molar refractivity (Wildman–Crippen MR) is 104 cm³/mol. The Morgan fingerprint density at radius 1 is 1.23 bits per heavy atom. The third-order valence-corrected chi connectivity index (χ3v) is 5.24. The standard InChI is InChI=1S/C22H31NO3/c1-22(2)15-17(11-14-26-22)16-23-12-10-19(21-9-6-13-25-21)18-7-4-5-8-20(18)24-3/h4-9,13,17,19,23H,10-12,14-16H2,1-3H3/t17-,19-/m0/s1. The molecule has 1 aliphatic heterocycles. The van der Waals surface area contributed by atoms with Crippen LogP contribution in [0.3, 0.4) is 0 Å². The minimum absolute atomic E-state index is 0.0126. The monoisotopic (exact) mass is 357 g/mol. The fraction of sp³-hybridized carbons (Fsp3) is 0.545. The second kappa shape index (κ2) is 8.74. The maximum Gasteiger partial charge on any atom is 0.122 e. The first-order chi connectivity index (χ1) is 12.6. The van der Waals surface area contributed by atoms with Crippen molar-refractivity contribution in [3.8, 4) is 5.75 Å². The molecule has 1 aliphatic rings. The van der Waals surface area contributed by atoms with Crippen molar-refractivity contribution >= 4 is 0 Å². The molecule has 1 N–H and O–H groups in total. The van der Waals surface area contributed by atoms with Crippen molar-refractivity contribution < 1.29 is 13.9 Å². The minimum atomic E-state index is 0.0126. The van der Waals surface area contributed by atoms with Crippen LogP contribution in [-0.4, -0.2) is 32.4 Å². The molecule has 1 saturated heterocycles. The molecule has 4 heteroatoms. The Morgan fingerprint density at radius 2 is 2.08 bits per heavy atom. The van der Waals surface area contributed by atoms with Gasteiger partial charge in [0.15, 0.2) is 0 Å². The van der Waals surface area contributed by atoms with E-state index in [0.717, 1.165) is 50.5 Å². The molecule has 2 aromatic rings. The summed E-state index contributed by atoms with van der Waals surface area (Å²) in [5.74, 6) is 2.79. The van der Waals surface area contributed by atoms with E-state index in [2.05, 4.69) is 37.4 Å². The van der Waals surface area contributed by atoms with Gasteiger partial charge in [0.2, 0.25) is 0 Å². The summed E-state index contributed by atoms with van der Waals surface area (Å²) in [6.07, 6.45) is 4.98. The van der Waals surface area contributed by atoms with E-state index in [0.29, 0.717) is 5.92 Å². The van der Waals surface area contributed by atoms with E-state index in [1.54, 1.807) is 13.4 Å². The second-order valence-electron chi connectivity index (χ2n) is 7.77. The van der Waals surface area contributed by atoms with Gasteiger partial charge in [0, 0.05) is 18.1 Å². The molecule has 0 bridgehead atoms. The molecule has 0 saturated carbocycles. The van der Waals surface area contributed by atoms with Crippen molar-refractivity contribution in [2.75, 3.05) is 26.8 Å². The summed E-state index contributed by atoms with van der Waals surface area (Å²) >= 11 is 0. The minimum Gasteiger partial charge on any atom is -0.496 e. The van der Waals surface area contributed by atoms with Crippen molar-refractivity contribution in [2.45, 2.75) is 44.6 Å². The number of hydrogen-bond donors (Lipinski definition) is 1. The van der Waals surface area contributed by atoms with Gasteiger partial charge < -0.3 is 19.2 Å². The van der Waals surface area contributed by atoms with E-state index < -0.39 is 0 Å². The molecule has 1 aromatic heterocycles. The third-order valence-electron chi connectivity index (χ3n) is 5.24. The van der Waals surface area contributed by atoms with Gasteiger partial charge in [-0.15, -0.1) is 0 Å². The van der Waals surface area contributed by atoms with Crippen LogP contribution in [0.25, 0.3) is 0 Å². The summed E-state index contributed by atoms with van der Waals surface area (Å²) in [5, 5.41) is 3.65. The molecular weight excluding hydrogens is 326 g/mol. The summed E-state index contributed by atoms with van der Waals surface area (Å²) in [7, 11) is 1.73. The van der Waals surface area contributed by atoms with Gasteiger partial charge in [-0.25, -0.2) is 0 Å². The molecule has 0 aliphatic carbocycles. The zero-order valence-electron chi connectivity index (χ0n) is 16.2. The summed E-state index contributed by atoms with van der Waals surface area (Å²) < 4.78 is 17.1. The van der Waals surface area contributed by atoms with Gasteiger partial charge in [-0.2, -0.15) is 0 Å². The highest BCUT2D eigenvalue weighted by atomic mass is 16.5. The predicted octanol–water partition coefficient (Wildman–Crippen LogP) is 4.61. The first-order valence-corrected chi connectivity index (χ1v) is 9.60. The lowest BCUT2D eigenvalue weighted by Gasteiger charge is -2.35. The Morgan fingerprint density at radius 3 is 2.81 bits per heavy atom. The molecule has 1 fully saturated rings. The number of para-hydroxylation sites is 1. The molecule has 2 heterocycles. The lowest BCUT2D eigenvalue weighted by atomic mass is 9.88. The summed E-state index contributed by atoms with van der Waals surface area (Å²) in [5.41, 5.74) is 1.19. The van der Waals surface area contributed by atoms with Crippen molar-refractivity contribution in [2.24, 2.45) is 5.92 Å². The van der Waals surface area contributed by atoms with Gasteiger partial charge >= 0.3 is 0 Å². The van der Waals surface area contributed by atoms with Crippen LogP contribution in [0.15, 0.2) is 47.1 Å². The second-order valence-corrected chi connectivity index (χ2v) is 7.77. The zero-order valence-corrected chi connectivity index (χ0v) is 16.2. The van der Waals surface area contributed by atoms with Crippen LogP contribution < -0.4 is 10.1 Å². The third kappa shape index (κ3) is 4.89. The summed E-state index contributed by atoms with van der Waals surface area (Å²) in [6.45, 7) is 7.24. The number of benzene rings is 1. The summed E-state index contributed by atoms with van der Waals surface area (Å²) in [4.78, 5) is 0. The van der Waals surface area contributed by atoms with Gasteiger partial charge in [0.1, 0.15) is 11.5 Å². The highest BCUT2D eigenvalue weighted by molar-refractivity contribution is 5.39. The Balaban J connectivity index is 1.59. The van der Waals surface area contributed by atoms with Crippen LogP contribution in [0.1, 0.15) is 50.4 Å². The molecule has 3 rings (SSSR count). The molecule has 0 unspecified atom stereocenters. The van der Waals surface area contributed by atoms with Crippen LogP contribution in [0.2, 0.25) is 0 Å². The largest absolute Gasteiger partial charge is 0.496 e. The van der Waals surface area contributed by atoms with Crippen LogP contribution >= 0.6 is 0 Å². The Hall–Kier alpha value is -1.78. The summed E-state index contributed by atoms with van der Waals surface area (Å²) in [6, 6.07) is 12.2. The molecule has 4 nitrogen and oxygen atoms in total. The molecule has 2 atom stereocenters. The lowest BCUT2D eigenvalue weighted by molar-refractivity contribution is -0.0717. The molecule has 0 radical (unpaired) electrons. The van der Waals surface area contributed by atoms with Gasteiger partial charge in [-0.05, 0) is 70.3 Å². The highest BCUT2D eigenvalue weighted by Gasteiger charge is 2.28. The van der Waals surface area contributed by atoms with Crippen molar-refractivity contribution in [1.29, 1.82) is 0 Å². The van der Waals surface area contributed by atoms with Gasteiger partial charge in [-0.1, -0.05) is 18.2 Å². The number of methoxy groups -OCH3 is 1. The van der Waals surface area contributed by atoms with Crippen molar-refractivity contribution in [3.05, 3.63) is 54.0 Å². The number of furan rings is 1. The van der Waals surface area contributed by atoms with Crippen LogP contribution in [-0.2, 0) is 4.74 Å². The van der Waals surface area contributed by atoms with Crippen LogP contribution in [0.4, 0.5) is 0 Å². The normalized spacial score (nSPS) is 20.7. The molecule has 26 heavy (non-hydrogen) atoms. The molecular formula is C22H31NO3. The first kappa shape index (κ1) is 19.0. The molecule has 0 amide bonds. The average molecular weight is 357 g/mol. The van der Waals surface area contributed by atoms with E-state index >= 15 is 0 Å². The SMILES string of the molecule is COc1ccccc1[C@H](CCNC[C@H]1CCOC(C)(C)C1)c1ccco1. The number of nitrogens with one attached hydrogen (secondary N) is 1. The number of ether oxygens (including phenoxy) is 2. The van der Waals surface area contributed by atoms with E-state index in [-0.39, 0.29) is 11.5 Å².